The summed E-state index contributed by atoms with van der Waals surface area (Å²) in [4.78, 5) is 14.2. The van der Waals surface area contributed by atoms with Gasteiger partial charge in [0.2, 0.25) is 0 Å². The number of benzene rings is 3. The summed E-state index contributed by atoms with van der Waals surface area (Å²) in [6.07, 6.45) is 0. The molecule has 1 aromatic heterocycles. The molecule has 0 unspecified atom stereocenters. The second kappa shape index (κ2) is 9.20. The molecule has 1 heterocycles. The zero-order chi connectivity index (χ0) is 22.0. The minimum atomic E-state index is -0.471. The minimum absolute atomic E-state index is 0.151. The topological polar surface area (TPSA) is 35.5 Å². The van der Waals surface area contributed by atoms with Crippen molar-refractivity contribution in [2.45, 2.75) is 6.92 Å². The summed E-state index contributed by atoms with van der Waals surface area (Å²) >= 11 is 4.74. The first-order valence-electron chi connectivity index (χ1n) is 9.73. The van der Waals surface area contributed by atoms with E-state index >= 15 is 4.39 Å². The highest BCUT2D eigenvalue weighted by Crippen LogP contribution is 2.42. The number of rotatable bonds is 7. The van der Waals surface area contributed by atoms with E-state index in [1.165, 1.54) is 18.4 Å². The third-order valence-corrected chi connectivity index (χ3v) is 6.47. The first-order chi connectivity index (χ1) is 15.0. The molecular formula is C25H20BrFO3S. The van der Waals surface area contributed by atoms with Crippen LogP contribution < -0.4 is 9.47 Å². The van der Waals surface area contributed by atoms with E-state index in [4.69, 9.17) is 9.47 Å². The van der Waals surface area contributed by atoms with Gasteiger partial charge >= 0.3 is 0 Å². The Hall–Kier alpha value is -2.70. The highest BCUT2D eigenvalue weighted by Gasteiger charge is 2.24. The van der Waals surface area contributed by atoms with Gasteiger partial charge in [0.25, 0.3) is 0 Å². The van der Waals surface area contributed by atoms with Crippen LogP contribution in [-0.2, 0) is 0 Å². The third kappa shape index (κ3) is 4.23. The second-order valence-electron chi connectivity index (χ2n) is 7.02. The molecule has 0 atom stereocenters. The molecule has 3 aromatic carbocycles. The second-order valence-corrected chi connectivity index (χ2v) is 8.86. The fraction of sp³-hybridized carbons (Fsp3) is 0.160. The number of fused-ring (bicyclic) bond motifs is 1. The summed E-state index contributed by atoms with van der Waals surface area (Å²) < 4.78 is 26.8. The molecule has 0 saturated carbocycles. The normalized spacial score (nSPS) is 11.0. The Balaban J connectivity index is 1.87. The Morgan fingerprint density at radius 3 is 2.58 bits per heavy atom. The van der Waals surface area contributed by atoms with Gasteiger partial charge in [-0.3, -0.25) is 4.79 Å². The lowest BCUT2D eigenvalue weighted by molar-refractivity contribution is 0.104. The summed E-state index contributed by atoms with van der Waals surface area (Å²) in [6, 6.07) is 18.0. The van der Waals surface area contributed by atoms with Crippen LogP contribution in [0.25, 0.3) is 20.5 Å². The van der Waals surface area contributed by atoms with Crippen molar-refractivity contribution in [1.29, 1.82) is 0 Å². The molecule has 31 heavy (non-hydrogen) atoms. The van der Waals surface area contributed by atoms with Crippen LogP contribution in [-0.4, -0.2) is 24.8 Å². The predicted octanol–water partition coefficient (Wildman–Crippen LogP) is 7.03. The first kappa shape index (κ1) is 21.5. The molecule has 0 aliphatic heterocycles. The van der Waals surface area contributed by atoms with Gasteiger partial charge in [-0.05, 0) is 48.9 Å². The standard InChI is InChI=1S/C25H20BrFO3S/c1-15-6-11-18-21(14-15)31-25(19-4-3-5-20(29-2)23(19)27)22(18)24(28)16-7-9-17(10-8-16)30-13-12-26/h3-11,14H,12-13H2,1-2H3. The Morgan fingerprint density at radius 2 is 1.87 bits per heavy atom. The van der Waals surface area contributed by atoms with Crippen molar-refractivity contribution in [2.75, 3.05) is 19.0 Å². The van der Waals surface area contributed by atoms with Crippen LogP contribution in [0, 0.1) is 12.7 Å². The molecule has 0 saturated heterocycles. The molecule has 0 aliphatic rings. The molecule has 4 rings (SSSR count). The Labute approximate surface area is 192 Å². The molecule has 0 fully saturated rings. The van der Waals surface area contributed by atoms with E-state index in [1.807, 2.05) is 25.1 Å². The summed E-state index contributed by atoms with van der Waals surface area (Å²) in [6.45, 7) is 2.54. The lowest BCUT2D eigenvalue weighted by atomic mass is 9.97. The average Bonchev–Trinajstić information content (AvgIpc) is 3.15. The molecular weight excluding hydrogens is 479 g/mol. The van der Waals surface area contributed by atoms with Gasteiger partial charge in [0.1, 0.15) is 5.75 Å². The molecule has 158 valence electrons. The Bertz CT molecular complexity index is 1250. The van der Waals surface area contributed by atoms with Crippen molar-refractivity contribution < 1.29 is 18.7 Å². The van der Waals surface area contributed by atoms with E-state index in [-0.39, 0.29) is 11.5 Å². The third-order valence-electron chi connectivity index (χ3n) is 4.96. The van der Waals surface area contributed by atoms with Gasteiger partial charge < -0.3 is 9.47 Å². The lowest BCUT2D eigenvalue weighted by Gasteiger charge is -2.09. The maximum atomic E-state index is 15.1. The predicted molar refractivity (Wildman–Crippen MR) is 128 cm³/mol. The SMILES string of the molecule is COc1cccc(-c2sc3cc(C)ccc3c2C(=O)c2ccc(OCCBr)cc2)c1F. The van der Waals surface area contributed by atoms with Crippen LogP contribution in [0.4, 0.5) is 4.39 Å². The molecule has 0 N–H and O–H groups in total. The first-order valence-corrected chi connectivity index (χ1v) is 11.7. The molecule has 0 amide bonds. The highest BCUT2D eigenvalue weighted by atomic mass is 79.9. The van der Waals surface area contributed by atoms with Gasteiger partial charge in [0, 0.05) is 37.0 Å². The fourth-order valence-electron chi connectivity index (χ4n) is 3.47. The van der Waals surface area contributed by atoms with E-state index in [2.05, 4.69) is 15.9 Å². The number of ether oxygens (including phenoxy) is 2. The molecule has 4 aromatic rings. The molecule has 0 spiro atoms. The molecule has 0 aliphatic carbocycles. The number of methoxy groups -OCH3 is 1. The Kier molecular flexibility index (Phi) is 6.39. The number of carbonyl (C=O) groups is 1. The lowest BCUT2D eigenvalue weighted by Crippen LogP contribution is -2.04. The van der Waals surface area contributed by atoms with Gasteiger partial charge in [0.05, 0.1) is 13.7 Å². The summed E-state index contributed by atoms with van der Waals surface area (Å²) in [5.41, 5.74) is 2.47. The monoisotopic (exact) mass is 498 g/mol. The summed E-state index contributed by atoms with van der Waals surface area (Å²) in [5.74, 6) is 0.221. The summed E-state index contributed by atoms with van der Waals surface area (Å²) in [5, 5.41) is 1.54. The Morgan fingerprint density at radius 1 is 1.10 bits per heavy atom. The maximum absolute atomic E-state index is 15.1. The van der Waals surface area contributed by atoms with E-state index in [1.54, 1.807) is 42.5 Å². The van der Waals surface area contributed by atoms with Crippen LogP contribution in [0.15, 0.2) is 60.7 Å². The minimum Gasteiger partial charge on any atom is -0.494 e. The van der Waals surface area contributed by atoms with Crippen molar-refractivity contribution in [3.63, 3.8) is 0 Å². The molecule has 6 heteroatoms. The quantitative estimate of drug-likeness (QED) is 0.202. The largest absolute Gasteiger partial charge is 0.494 e. The number of carbonyl (C=O) groups excluding carboxylic acids is 1. The van der Waals surface area contributed by atoms with Gasteiger partial charge in [-0.2, -0.15) is 0 Å². The van der Waals surface area contributed by atoms with E-state index in [0.717, 1.165) is 21.0 Å². The van der Waals surface area contributed by atoms with Crippen LogP contribution in [0.1, 0.15) is 21.5 Å². The van der Waals surface area contributed by atoms with Crippen molar-refractivity contribution in [3.05, 3.63) is 83.2 Å². The number of ketones is 1. The van der Waals surface area contributed by atoms with Crippen molar-refractivity contribution >= 4 is 43.1 Å². The molecule has 0 radical (unpaired) electrons. The van der Waals surface area contributed by atoms with E-state index in [9.17, 15) is 4.79 Å². The molecule has 0 bridgehead atoms. The fourth-order valence-corrected chi connectivity index (χ4v) is 4.94. The van der Waals surface area contributed by atoms with Gasteiger partial charge in [-0.25, -0.2) is 4.39 Å². The highest BCUT2D eigenvalue weighted by molar-refractivity contribution is 9.09. The van der Waals surface area contributed by atoms with Crippen molar-refractivity contribution in [2.24, 2.45) is 0 Å². The van der Waals surface area contributed by atoms with Gasteiger partial charge in [0.15, 0.2) is 17.3 Å². The van der Waals surface area contributed by atoms with Gasteiger partial charge in [-0.1, -0.05) is 40.2 Å². The summed E-state index contributed by atoms with van der Waals surface area (Å²) in [7, 11) is 1.43. The number of thiophene rings is 1. The van der Waals surface area contributed by atoms with Gasteiger partial charge in [-0.15, -0.1) is 11.3 Å². The zero-order valence-corrected chi connectivity index (χ0v) is 19.5. The number of alkyl halides is 1. The van der Waals surface area contributed by atoms with E-state index in [0.29, 0.717) is 33.9 Å². The number of hydrogen-bond donors (Lipinski definition) is 0. The average molecular weight is 499 g/mol. The number of hydrogen-bond acceptors (Lipinski definition) is 4. The number of halogens is 2. The van der Waals surface area contributed by atoms with Crippen LogP contribution >= 0.6 is 27.3 Å². The maximum Gasteiger partial charge on any atom is 0.195 e. The smallest absolute Gasteiger partial charge is 0.195 e. The van der Waals surface area contributed by atoms with Crippen molar-refractivity contribution in [1.82, 2.24) is 0 Å². The van der Waals surface area contributed by atoms with Crippen molar-refractivity contribution in [3.8, 4) is 21.9 Å². The van der Waals surface area contributed by atoms with Crippen LogP contribution in [0.2, 0.25) is 0 Å². The number of aryl methyl sites for hydroxylation is 1. The van der Waals surface area contributed by atoms with E-state index < -0.39 is 5.82 Å². The molecule has 3 nitrogen and oxygen atoms in total. The van der Waals surface area contributed by atoms with Crippen LogP contribution in [0.5, 0.6) is 11.5 Å². The van der Waals surface area contributed by atoms with Crippen LogP contribution in [0.3, 0.4) is 0 Å². The zero-order valence-electron chi connectivity index (χ0n) is 17.1.